The summed E-state index contributed by atoms with van der Waals surface area (Å²) in [5.74, 6) is 0.314. The van der Waals surface area contributed by atoms with E-state index >= 15 is 0 Å². The van der Waals surface area contributed by atoms with E-state index in [2.05, 4.69) is 6.07 Å². The molecule has 0 fully saturated rings. The van der Waals surface area contributed by atoms with Crippen molar-refractivity contribution in [1.82, 2.24) is 0 Å². The van der Waals surface area contributed by atoms with Gasteiger partial charge in [0.05, 0.1) is 0 Å². The molecule has 1 nitrogen and oxygen atoms in total. The molecule has 0 heterocycles. The minimum absolute atomic E-state index is 0.314. The zero-order chi connectivity index (χ0) is 5.70. The minimum atomic E-state index is 0.314. The van der Waals surface area contributed by atoms with Gasteiger partial charge in [0.25, 0.3) is 0 Å². The number of rotatable bonds is 2. The third kappa shape index (κ3) is 2.92. The standard InChI is InChI=1S/C5H9NTe/c1-2-5(3-6)4-7/h5,7H,2,4H2,1H3. The molecule has 0 aliphatic rings. The Bertz CT molecular complexity index is 70.6. The van der Waals surface area contributed by atoms with Crippen LogP contribution in [-0.4, -0.2) is 22.3 Å². The molecule has 0 bridgehead atoms. The molecule has 0 radical (unpaired) electrons. The van der Waals surface area contributed by atoms with Gasteiger partial charge in [0.1, 0.15) is 0 Å². The summed E-state index contributed by atoms with van der Waals surface area (Å²) in [6.07, 6.45) is 1.01. The van der Waals surface area contributed by atoms with Gasteiger partial charge in [-0.05, 0) is 0 Å². The van der Waals surface area contributed by atoms with Crippen LogP contribution >= 0.6 is 0 Å². The van der Waals surface area contributed by atoms with Crippen molar-refractivity contribution in [2.75, 3.05) is 0 Å². The fourth-order valence-corrected chi connectivity index (χ4v) is 1.23. The molecule has 0 N–H and O–H groups in total. The number of nitriles is 1. The summed E-state index contributed by atoms with van der Waals surface area (Å²) in [7, 11) is 0. The zero-order valence-electron chi connectivity index (χ0n) is 4.39. The van der Waals surface area contributed by atoms with Crippen LogP contribution in [0.3, 0.4) is 0 Å². The molecule has 0 amide bonds. The molecule has 0 aliphatic heterocycles. The molecule has 7 heavy (non-hydrogen) atoms. The second-order valence-electron chi connectivity index (χ2n) is 1.42. The summed E-state index contributed by atoms with van der Waals surface area (Å²) >= 11 is 1.73. The van der Waals surface area contributed by atoms with Crippen LogP contribution in [0.1, 0.15) is 13.3 Å². The molecule has 40 valence electrons. The molecule has 0 saturated heterocycles. The third-order valence-corrected chi connectivity index (χ3v) is 2.15. The summed E-state index contributed by atoms with van der Waals surface area (Å²) in [5.41, 5.74) is 0. The van der Waals surface area contributed by atoms with E-state index in [4.69, 9.17) is 5.26 Å². The fourth-order valence-electron chi connectivity index (χ4n) is 0.261. The van der Waals surface area contributed by atoms with Crippen molar-refractivity contribution in [3.63, 3.8) is 0 Å². The summed E-state index contributed by atoms with van der Waals surface area (Å²) in [5, 5.41) is 8.28. The van der Waals surface area contributed by atoms with Gasteiger partial charge in [0.2, 0.25) is 0 Å². The van der Waals surface area contributed by atoms with Gasteiger partial charge in [-0.1, -0.05) is 0 Å². The van der Waals surface area contributed by atoms with Gasteiger partial charge in [0, 0.05) is 0 Å². The molecular formula is C5H9NTe. The molecule has 0 aliphatic carbocycles. The third-order valence-electron chi connectivity index (χ3n) is 0.896. The van der Waals surface area contributed by atoms with Crippen LogP contribution in [0.2, 0.25) is 4.47 Å². The van der Waals surface area contributed by atoms with Crippen LogP contribution in [0, 0.1) is 17.2 Å². The van der Waals surface area contributed by atoms with Crippen molar-refractivity contribution < 1.29 is 0 Å². The first kappa shape index (κ1) is 7.28. The molecular weight excluding hydrogens is 202 g/mol. The molecule has 0 aromatic carbocycles. The monoisotopic (exact) mass is 213 g/mol. The Morgan fingerprint density at radius 1 is 1.86 bits per heavy atom. The first-order valence-corrected chi connectivity index (χ1v) is 4.16. The summed E-state index contributed by atoms with van der Waals surface area (Å²) in [6, 6.07) is 2.21. The van der Waals surface area contributed by atoms with E-state index in [1.54, 1.807) is 22.3 Å². The van der Waals surface area contributed by atoms with Crippen molar-refractivity contribution >= 4 is 22.3 Å². The first-order valence-electron chi connectivity index (χ1n) is 2.35. The Morgan fingerprint density at radius 2 is 2.43 bits per heavy atom. The van der Waals surface area contributed by atoms with Gasteiger partial charge in [-0.3, -0.25) is 0 Å². The average Bonchev–Trinajstić information content (AvgIpc) is 1.72. The Morgan fingerprint density at radius 3 is 2.43 bits per heavy atom. The normalized spacial score (nSPS) is 12.7. The van der Waals surface area contributed by atoms with E-state index in [1.165, 1.54) is 0 Å². The Labute approximate surface area is 57.6 Å². The maximum atomic E-state index is 8.28. The second kappa shape index (κ2) is 4.44. The zero-order valence-corrected chi connectivity index (χ0v) is 6.94. The van der Waals surface area contributed by atoms with Gasteiger partial charge >= 0.3 is 57.4 Å². The van der Waals surface area contributed by atoms with Gasteiger partial charge in [-0.15, -0.1) is 0 Å². The Kier molecular flexibility index (Phi) is 4.62. The second-order valence-corrected chi connectivity index (χ2v) is 2.46. The molecule has 0 spiro atoms. The number of nitrogens with zero attached hydrogens (tertiary/aromatic N) is 1. The molecule has 0 rings (SSSR count). The van der Waals surface area contributed by atoms with E-state index in [-0.39, 0.29) is 0 Å². The van der Waals surface area contributed by atoms with Crippen LogP contribution in [0.15, 0.2) is 0 Å². The molecule has 0 saturated carbocycles. The molecule has 1 unspecified atom stereocenters. The van der Waals surface area contributed by atoms with E-state index < -0.39 is 0 Å². The summed E-state index contributed by atoms with van der Waals surface area (Å²) < 4.78 is 1.04. The Balaban J connectivity index is 3.23. The molecule has 1 atom stereocenters. The topological polar surface area (TPSA) is 23.8 Å². The number of hydrogen-bond donors (Lipinski definition) is 0. The SMILES string of the molecule is CCC(C#N)C[TeH]. The molecule has 0 aromatic rings. The van der Waals surface area contributed by atoms with Crippen molar-refractivity contribution in [2.24, 2.45) is 5.92 Å². The van der Waals surface area contributed by atoms with Crippen molar-refractivity contribution in [3.8, 4) is 6.07 Å². The average molecular weight is 211 g/mol. The molecule has 0 aromatic heterocycles. The van der Waals surface area contributed by atoms with Gasteiger partial charge < -0.3 is 0 Å². The summed E-state index contributed by atoms with van der Waals surface area (Å²) in [6.45, 7) is 2.05. The van der Waals surface area contributed by atoms with E-state index in [0.29, 0.717) is 5.92 Å². The van der Waals surface area contributed by atoms with Crippen molar-refractivity contribution in [2.45, 2.75) is 17.8 Å². The van der Waals surface area contributed by atoms with Crippen LogP contribution < -0.4 is 0 Å². The van der Waals surface area contributed by atoms with Crippen LogP contribution in [-0.2, 0) is 0 Å². The predicted molar refractivity (Wildman–Crippen MR) is 31.3 cm³/mol. The predicted octanol–water partition coefficient (Wildman–Crippen LogP) is 0.855. The van der Waals surface area contributed by atoms with Gasteiger partial charge in [-0.2, -0.15) is 0 Å². The molecule has 2 heteroatoms. The van der Waals surface area contributed by atoms with Crippen molar-refractivity contribution in [3.05, 3.63) is 0 Å². The van der Waals surface area contributed by atoms with Gasteiger partial charge in [0.15, 0.2) is 0 Å². The van der Waals surface area contributed by atoms with Crippen LogP contribution in [0.25, 0.3) is 0 Å². The fraction of sp³-hybridized carbons (Fsp3) is 0.800. The van der Waals surface area contributed by atoms with E-state index in [0.717, 1.165) is 10.9 Å². The van der Waals surface area contributed by atoms with Crippen LogP contribution in [0.5, 0.6) is 0 Å². The summed E-state index contributed by atoms with van der Waals surface area (Å²) in [4.78, 5) is 0. The van der Waals surface area contributed by atoms with E-state index in [9.17, 15) is 0 Å². The first-order chi connectivity index (χ1) is 3.35. The van der Waals surface area contributed by atoms with E-state index in [1.807, 2.05) is 6.92 Å². The Hall–Kier alpha value is 0.280. The van der Waals surface area contributed by atoms with Crippen LogP contribution in [0.4, 0.5) is 0 Å². The quantitative estimate of drug-likeness (QED) is 0.621. The maximum absolute atomic E-state index is 8.28. The van der Waals surface area contributed by atoms with Gasteiger partial charge in [-0.25, -0.2) is 0 Å². The van der Waals surface area contributed by atoms with Crippen molar-refractivity contribution in [1.29, 1.82) is 5.26 Å². The number of hydrogen-bond acceptors (Lipinski definition) is 1.